The number of pyridine rings is 1. The Bertz CT molecular complexity index is 299. The van der Waals surface area contributed by atoms with E-state index in [1.165, 1.54) is 24.1 Å². The molecule has 0 unspecified atom stereocenters. The van der Waals surface area contributed by atoms with E-state index in [9.17, 15) is 0 Å². The molecule has 0 bridgehead atoms. The van der Waals surface area contributed by atoms with Crippen LogP contribution in [0.3, 0.4) is 0 Å². The molecule has 90 valence electrons. The molecule has 1 aromatic rings. The fourth-order valence-electron chi connectivity index (χ4n) is 1.68. The lowest BCUT2D eigenvalue weighted by atomic mass is 10.2. The van der Waals surface area contributed by atoms with Crippen LogP contribution in [-0.4, -0.2) is 25.1 Å². The first-order valence-corrected chi connectivity index (χ1v) is 6.14. The number of nitrogens with one attached hydrogen (secondary N) is 1. The van der Waals surface area contributed by atoms with Crippen molar-refractivity contribution in [2.24, 2.45) is 0 Å². The van der Waals surface area contributed by atoms with Crippen LogP contribution in [-0.2, 0) is 6.54 Å². The molecule has 3 heteroatoms. The van der Waals surface area contributed by atoms with Crippen LogP contribution in [0.5, 0.6) is 0 Å². The molecule has 0 aliphatic carbocycles. The predicted octanol–water partition coefficient (Wildman–Crippen LogP) is 2.43. The van der Waals surface area contributed by atoms with Gasteiger partial charge in [-0.3, -0.25) is 4.98 Å². The Hall–Kier alpha value is -1.09. The van der Waals surface area contributed by atoms with Crippen LogP contribution in [0.4, 0.5) is 5.69 Å². The van der Waals surface area contributed by atoms with E-state index >= 15 is 0 Å². The lowest BCUT2D eigenvalue weighted by molar-refractivity contribution is 0.715. The summed E-state index contributed by atoms with van der Waals surface area (Å²) in [5.41, 5.74) is 2.58. The zero-order valence-electron chi connectivity index (χ0n) is 10.7. The Balaban J connectivity index is 2.68. The number of rotatable bonds is 7. The summed E-state index contributed by atoms with van der Waals surface area (Å²) < 4.78 is 0. The lowest BCUT2D eigenvalue weighted by Crippen LogP contribution is -2.22. The summed E-state index contributed by atoms with van der Waals surface area (Å²) in [7, 11) is 2.14. The van der Waals surface area contributed by atoms with E-state index in [1.807, 2.05) is 12.4 Å². The van der Waals surface area contributed by atoms with Gasteiger partial charge in [0.15, 0.2) is 0 Å². The van der Waals surface area contributed by atoms with Crippen LogP contribution in [0, 0.1) is 0 Å². The standard InChI is InChI=1S/C13H23N3/c1-4-6-9-16(3)13-11-15-8-7-12(13)10-14-5-2/h7-8,11,14H,4-6,9-10H2,1-3H3. The monoisotopic (exact) mass is 221 g/mol. The highest BCUT2D eigenvalue weighted by atomic mass is 15.1. The second-order valence-corrected chi connectivity index (χ2v) is 4.06. The number of hydrogen-bond acceptors (Lipinski definition) is 3. The van der Waals surface area contributed by atoms with Gasteiger partial charge in [-0.1, -0.05) is 20.3 Å². The molecule has 0 aliphatic rings. The van der Waals surface area contributed by atoms with Crippen LogP contribution in [0.2, 0.25) is 0 Å². The van der Waals surface area contributed by atoms with Gasteiger partial charge in [0.25, 0.3) is 0 Å². The minimum atomic E-state index is 0.921. The van der Waals surface area contributed by atoms with Gasteiger partial charge in [-0.15, -0.1) is 0 Å². The quantitative estimate of drug-likeness (QED) is 0.766. The molecule has 1 rings (SSSR count). The molecule has 0 atom stereocenters. The van der Waals surface area contributed by atoms with Crippen molar-refractivity contribution in [1.29, 1.82) is 0 Å². The summed E-state index contributed by atoms with van der Waals surface area (Å²) in [4.78, 5) is 6.51. The van der Waals surface area contributed by atoms with E-state index in [-0.39, 0.29) is 0 Å². The minimum Gasteiger partial charge on any atom is -0.373 e. The van der Waals surface area contributed by atoms with Crippen LogP contribution < -0.4 is 10.2 Å². The molecule has 0 aliphatic heterocycles. The third-order valence-electron chi connectivity index (χ3n) is 2.71. The number of nitrogens with zero attached hydrogens (tertiary/aromatic N) is 2. The molecule has 0 radical (unpaired) electrons. The van der Waals surface area contributed by atoms with E-state index < -0.39 is 0 Å². The first-order valence-electron chi connectivity index (χ1n) is 6.14. The second-order valence-electron chi connectivity index (χ2n) is 4.06. The summed E-state index contributed by atoms with van der Waals surface area (Å²) >= 11 is 0. The Morgan fingerprint density at radius 1 is 1.38 bits per heavy atom. The first kappa shape index (κ1) is 13.0. The maximum absolute atomic E-state index is 4.21. The first-order chi connectivity index (χ1) is 7.79. The molecule has 0 aromatic carbocycles. The molecule has 1 N–H and O–H groups in total. The number of anilines is 1. The van der Waals surface area contributed by atoms with Gasteiger partial charge in [-0.2, -0.15) is 0 Å². The Kier molecular flexibility index (Phi) is 5.86. The third kappa shape index (κ3) is 3.81. The normalized spacial score (nSPS) is 10.4. The van der Waals surface area contributed by atoms with Gasteiger partial charge in [-0.05, 0) is 24.6 Å². The zero-order valence-corrected chi connectivity index (χ0v) is 10.7. The largest absolute Gasteiger partial charge is 0.373 e. The summed E-state index contributed by atoms with van der Waals surface area (Å²) in [5, 5.41) is 3.36. The fraction of sp³-hybridized carbons (Fsp3) is 0.615. The topological polar surface area (TPSA) is 28.2 Å². The Morgan fingerprint density at radius 3 is 2.88 bits per heavy atom. The highest BCUT2D eigenvalue weighted by molar-refractivity contribution is 5.50. The van der Waals surface area contributed by atoms with Crippen molar-refractivity contribution in [2.45, 2.75) is 33.2 Å². The Labute approximate surface area is 98.9 Å². The van der Waals surface area contributed by atoms with Gasteiger partial charge >= 0.3 is 0 Å². The number of unbranched alkanes of at least 4 members (excludes halogenated alkanes) is 1. The minimum absolute atomic E-state index is 0.921. The second kappa shape index (κ2) is 7.23. The van der Waals surface area contributed by atoms with Crippen molar-refractivity contribution in [3.63, 3.8) is 0 Å². The van der Waals surface area contributed by atoms with Crippen molar-refractivity contribution in [2.75, 3.05) is 25.0 Å². The molecule has 3 nitrogen and oxygen atoms in total. The van der Waals surface area contributed by atoms with Crippen molar-refractivity contribution >= 4 is 5.69 Å². The van der Waals surface area contributed by atoms with Gasteiger partial charge in [-0.25, -0.2) is 0 Å². The van der Waals surface area contributed by atoms with Gasteiger partial charge in [0, 0.05) is 26.3 Å². The molecular formula is C13H23N3. The molecule has 0 saturated carbocycles. The molecule has 0 saturated heterocycles. The molecule has 16 heavy (non-hydrogen) atoms. The summed E-state index contributed by atoms with van der Waals surface area (Å²) in [6, 6.07) is 2.10. The van der Waals surface area contributed by atoms with Crippen molar-refractivity contribution in [3.8, 4) is 0 Å². The predicted molar refractivity (Wildman–Crippen MR) is 69.8 cm³/mol. The summed E-state index contributed by atoms with van der Waals surface area (Å²) in [6.45, 7) is 7.37. The van der Waals surface area contributed by atoms with E-state index in [0.717, 1.165) is 19.6 Å². The molecule has 1 aromatic heterocycles. The van der Waals surface area contributed by atoms with Crippen LogP contribution in [0.25, 0.3) is 0 Å². The van der Waals surface area contributed by atoms with Crippen molar-refractivity contribution in [1.82, 2.24) is 10.3 Å². The van der Waals surface area contributed by atoms with Gasteiger partial charge in [0.1, 0.15) is 0 Å². The van der Waals surface area contributed by atoms with E-state index in [4.69, 9.17) is 0 Å². The average molecular weight is 221 g/mol. The number of hydrogen-bond donors (Lipinski definition) is 1. The van der Waals surface area contributed by atoms with Crippen LogP contribution >= 0.6 is 0 Å². The maximum Gasteiger partial charge on any atom is 0.0595 e. The molecular weight excluding hydrogens is 198 g/mol. The van der Waals surface area contributed by atoms with E-state index in [2.05, 4.69) is 42.2 Å². The van der Waals surface area contributed by atoms with Crippen molar-refractivity contribution < 1.29 is 0 Å². The summed E-state index contributed by atoms with van der Waals surface area (Å²) in [5.74, 6) is 0. The fourth-order valence-corrected chi connectivity index (χ4v) is 1.68. The smallest absolute Gasteiger partial charge is 0.0595 e. The molecule has 1 heterocycles. The van der Waals surface area contributed by atoms with Crippen LogP contribution in [0.1, 0.15) is 32.3 Å². The van der Waals surface area contributed by atoms with E-state index in [1.54, 1.807) is 0 Å². The van der Waals surface area contributed by atoms with Gasteiger partial charge in [0.2, 0.25) is 0 Å². The van der Waals surface area contributed by atoms with Gasteiger partial charge < -0.3 is 10.2 Å². The van der Waals surface area contributed by atoms with E-state index in [0.29, 0.717) is 0 Å². The number of aromatic nitrogens is 1. The average Bonchev–Trinajstić information content (AvgIpc) is 2.33. The molecule has 0 fully saturated rings. The highest BCUT2D eigenvalue weighted by Crippen LogP contribution is 2.17. The zero-order chi connectivity index (χ0) is 11.8. The molecule has 0 amide bonds. The maximum atomic E-state index is 4.21. The van der Waals surface area contributed by atoms with Gasteiger partial charge in [0.05, 0.1) is 11.9 Å². The lowest BCUT2D eigenvalue weighted by Gasteiger charge is -2.21. The Morgan fingerprint density at radius 2 is 2.19 bits per heavy atom. The molecule has 0 spiro atoms. The summed E-state index contributed by atoms with van der Waals surface area (Å²) in [6.07, 6.45) is 6.28. The SMILES string of the molecule is CCCCN(C)c1cnccc1CNCC. The third-order valence-corrected chi connectivity index (χ3v) is 2.71. The van der Waals surface area contributed by atoms with Crippen LogP contribution in [0.15, 0.2) is 18.5 Å². The van der Waals surface area contributed by atoms with Crippen molar-refractivity contribution in [3.05, 3.63) is 24.0 Å². The highest BCUT2D eigenvalue weighted by Gasteiger charge is 2.06.